The molecule has 0 spiro atoms. The minimum absolute atomic E-state index is 0.0254. The fourth-order valence-electron chi connectivity index (χ4n) is 4.20. The second-order valence-electron chi connectivity index (χ2n) is 10.0. The van der Waals surface area contributed by atoms with Gasteiger partial charge in [-0.2, -0.15) is 0 Å². The maximum Gasteiger partial charge on any atom is 0.326 e. The number of carboxylic acid groups (broad SMARTS) is 1. The molecular formula is C27H39N7O7. The lowest BCUT2D eigenvalue weighted by atomic mass is 9.96. The van der Waals surface area contributed by atoms with Gasteiger partial charge in [0.15, 0.2) is 0 Å². The summed E-state index contributed by atoms with van der Waals surface area (Å²) in [6.07, 6.45) is 1.57. The third-order valence-corrected chi connectivity index (χ3v) is 6.86. The number of carbonyl (C=O) groups excluding carboxylic acids is 5. The Morgan fingerprint density at radius 2 is 1.49 bits per heavy atom. The zero-order valence-corrected chi connectivity index (χ0v) is 23.1. The van der Waals surface area contributed by atoms with Crippen molar-refractivity contribution in [3.8, 4) is 0 Å². The number of hydrogen-bond donors (Lipinski definition) is 8. The van der Waals surface area contributed by atoms with Gasteiger partial charge in [0.2, 0.25) is 29.5 Å². The SMILES string of the molecule is CCC(C)C(NC(=O)C(Cc1c[nH]c2ccccc12)NC(=O)C(N)CCC(N)=O)C(=O)NC(CCC(N)=O)C(=O)O. The van der Waals surface area contributed by atoms with Crippen molar-refractivity contribution in [2.45, 2.75) is 76.5 Å². The average molecular weight is 574 g/mol. The number of aromatic amines is 1. The lowest BCUT2D eigenvalue weighted by Gasteiger charge is -2.28. The number of aliphatic carboxylic acids is 1. The van der Waals surface area contributed by atoms with Crippen LogP contribution in [0.2, 0.25) is 0 Å². The van der Waals surface area contributed by atoms with Crippen LogP contribution in [-0.4, -0.2) is 69.8 Å². The van der Waals surface area contributed by atoms with Gasteiger partial charge in [0, 0.05) is 36.4 Å². The van der Waals surface area contributed by atoms with Crippen molar-refractivity contribution in [1.29, 1.82) is 0 Å². The summed E-state index contributed by atoms with van der Waals surface area (Å²) < 4.78 is 0. The Morgan fingerprint density at radius 3 is 2.10 bits per heavy atom. The average Bonchev–Trinajstić information content (AvgIpc) is 3.33. The summed E-state index contributed by atoms with van der Waals surface area (Å²) in [5.74, 6) is -5.28. The fourth-order valence-corrected chi connectivity index (χ4v) is 4.20. The Hall–Kier alpha value is -4.46. The molecule has 5 unspecified atom stereocenters. The van der Waals surface area contributed by atoms with Crippen LogP contribution < -0.4 is 33.2 Å². The van der Waals surface area contributed by atoms with Crippen LogP contribution in [0.15, 0.2) is 30.5 Å². The van der Waals surface area contributed by atoms with Gasteiger partial charge in [-0.15, -0.1) is 0 Å². The van der Waals surface area contributed by atoms with Crippen LogP contribution in [0.5, 0.6) is 0 Å². The van der Waals surface area contributed by atoms with Gasteiger partial charge in [-0.25, -0.2) is 4.79 Å². The Kier molecular flexibility index (Phi) is 12.3. The van der Waals surface area contributed by atoms with E-state index in [4.69, 9.17) is 17.2 Å². The zero-order chi connectivity index (χ0) is 30.7. The van der Waals surface area contributed by atoms with Crippen LogP contribution in [0, 0.1) is 5.92 Å². The summed E-state index contributed by atoms with van der Waals surface area (Å²) >= 11 is 0. The largest absolute Gasteiger partial charge is 0.480 e. The molecule has 1 heterocycles. The predicted molar refractivity (Wildman–Crippen MR) is 150 cm³/mol. The second kappa shape index (κ2) is 15.4. The molecule has 1 aromatic carbocycles. The van der Waals surface area contributed by atoms with Crippen LogP contribution in [0.25, 0.3) is 10.9 Å². The molecule has 0 fully saturated rings. The molecule has 0 radical (unpaired) electrons. The first-order valence-electron chi connectivity index (χ1n) is 13.3. The van der Waals surface area contributed by atoms with Gasteiger partial charge in [0.05, 0.1) is 6.04 Å². The minimum Gasteiger partial charge on any atom is -0.480 e. The van der Waals surface area contributed by atoms with Crippen molar-refractivity contribution >= 4 is 46.4 Å². The van der Waals surface area contributed by atoms with E-state index in [0.717, 1.165) is 10.9 Å². The van der Waals surface area contributed by atoms with Gasteiger partial charge in [-0.3, -0.25) is 24.0 Å². The van der Waals surface area contributed by atoms with Crippen molar-refractivity contribution in [3.63, 3.8) is 0 Å². The van der Waals surface area contributed by atoms with Gasteiger partial charge in [0.25, 0.3) is 0 Å². The Morgan fingerprint density at radius 1 is 0.878 bits per heavy atom. The van der Waals surface area contributed by atoms with Crippen LogP contribution in [0.1, 0.15) is 51.5 Å². The van der Waals surface area contributed by atoms with Crippen molar-refractivity contribution in [1.82, 2.24) is 20.9 Å². The molecule has 5 amide bonds. The monoisotopic (exact) mass is 573 g/mol. The summed E-state index contributed by atoms with van der Waals surface area (Å²) in [6, 6.07) is 2.53. The Balaban J connectivity index is 2.30. The van der Waals surface area contributed by atoms with Crippen LogP contribution in [-0.2, 0) is 35.2 Å². The molecule has 0 aliphatic rings. The number of nitrogens with one attached hydrogen (secondary N) is 4. The first kappa shape index (κ1) is 32.8. The number of rotatable bonds is 17. The van der Waals surface area contributed by atoms with E-state index in [1.165, 1.54) is 0 Å². The number of amides is 5. The number of para-hydroxylation sites is 1. The van der Waals surface area contributed by atoms with E-state index in [0.29, 0.717) is 12.0 Å². The first-order valence-corrected chi connectivity index (χ1v) is 13.3. The molecule has 41 heavy (non-hydrogen) atoms. The molecule has 11 N–H and O–H groups in total. The normalized spacial score (nSPS) is 14.7. The molecule has 0 bridgehead atoms. The molecule has 14 nitrogen and oxygen atoms in total. The molecule has 0 saturated carbocycles. The molecule has 0 saturated heterocycles. The van der Waals surface area contributed by atoms with E-state index in [1.54, 1.807) is 20.0 Å². The highest BCUT2D eigenvalue weighted by molar-refractivity contribution is 5.95. The van der Waals surface area contributed by atoms with E-state index in [1.807, 2.05) is 24.3 Å². The fraction of sp³-hybridized carbons (Fsp3) is 0.481. The van der Waals surface area contributed by atoms with Crippen molar-refractivity contribution in [3.05, 3.63) is 36.0 Å². The van der Waals surface area contributed by atoms with E-state index in [2.05, 4.69) is 20.9 Å². The van der Waals surface area contributed by atoms with Gasteiger partial charge in [-0.1, -0.05) is 38.5 Å². The maximum atomic E-state index is 13.6. The van der Waals surface area contributed by atoms with Crippen molar-refractivity contribution < 1.29 is 33.9 Å². The zero-order valence-electron chi connectivity index (χ0n) is 23.1. The molecule has 1 aromatic heterocycles. The molecule has 2 rings (SSSR count). The summed E-state index contributed by atoms with van der Waals surface area (Å²) in [5.41, 5.74) is 17.7. The van der Waals surface area contributed by atoms with Gasteiger partial charge >= 0.3 is 5.97 Å². The quantitative estimate of drug-likeness (QED) is 0.118. The van der Waals surface area contributed by atoms with Crippen molar-refractivity contribution in [2.24, 2.45) is 23.1 Å². The summed E-state index contributed by atoms with van der Waals surface area (Å²) in [4.78, 5) is 76.7. The number of H-pyrrole nitrogens is 1. The molecule has 2 aromatic rings. The van der Waals surface area contributed by atoms with E-state index >= 15 is 0 Å². The Bertz CT molecular complexity index is 1260. The number of primary amides is 2. The highest BCUT2D eigenvalue weighted by atomic mass is 16.4. The number of fused-ring (bicyclic) bond motifs is 1. The topological polar surface area (TPSA) is 253 Å². The van der Waals surface area contributed by atoms with E-state index < -0.39 is 65.6 Å². The standard InChI is InChI=1S/C27H39N7O7/c1-3-14(2)23(26(39)32-19(27(40)41)9-11-22(30)36)34-25(38)20(33-24(37)17(28)8-10-21(29)35)12-15-13-31-18-7-5-4-6-16(15)18/h4-7,13-14,17,19-20,23,31H,3,8-12,28H2,1-2H3,(H2,29,35)(H2,30,36)(H,32,39)(H,33,37)(H,34,38)(H,40,41). The van der Waals surface area contributed by atoms with Crippen molar-refractivity contribution in [2.75, 3.05) is 0 Å². The number of aromatic nitrogens is 1. The number of nitrogens with two attached hydrogens (primary N) is 3. The first-order chi connectivity index (χ1) is 19.3. The Labute approximate surface area is 237 Å². The number of carbonyl (C=O) groups is 6. The van der Waals surface area contributed by atoms with E-state index in [-0.39, 0.29) is 32.1 Å². The molecule has 0 aliphatic carbocycles. The lowest BCUT2D eigenvalue weighted by Crippen LogP contribution is -2.59. The van der Waals surface area contributed by atoms with Crippen LogP contribution in [0.4, 0.5) is 0 Å². The van der Waals surface area contributed by atoms with Crippen LogP contribution >= 0.6 is 0 Å². The minimum atomic E-state index is -1.40. The third kappa shape index (κ3) is 9.90. The summed E-state index contributed by atoms with van der Waals surface area (Å²) in [5, 5.41) is 18.0. The number of benzene rings is 1. The van der Waals surface area contributed by atoms with E-state index in [9.17, 15) is 33.9 Å². The van der Waals surface area contributed by atoms with Gasteiger partial charge < -0.3 is 43.2 Å². The molecule has 224 valence electrons. The number of carboxylic acids is 1. The smallest absolute Gasteiger partial charge is 0.326 e. The second-order valence-corrected chi connectivity index (χ2v) is 10.0. The molecule has 14 heteroatoms. The third-order valence-electron chi connectivity index (χ3n) is 6.86. The van der Waals surface area contributed by atoms with Crippen LogP contribution in [0.3, 0.4) is 0 Å². The van der Waals surface area contributed by atoms with Gasteiger partial charge in [-0.05, 0) is 30.4 Å². The number of hydrogen-bond acceptors (Lipinski definition) is 7. The summed E-state index contributed by atoms with van der Waals surface area (Å²) in [7, 11) is 0. The highest BCUT2D eigenvalue weighted by Gasteiger charge is 2.33. The molecular weight excluding hydrogens is 534 g/mol. The summed E-state index contributed by atoms with van der Waals surface area (Å²) in [6.45, 7) is 3.50. The maximum absolute atomic E-state index is 13.6. The highest BCUT2D eigenvalue weighted by Crippen LogP contribution is 2.20. The lowest BCUT2D eigenvalue weighted by molar-refractivity contribution is -0.143. The predicted octanol–water partition coefficient (Wildman–Crippen LogP) is -0.846. The van der Waals surface area contributed by atoms with Gasteiger partial charge in [0.1, 0.15) is 18.1 Å². The molecule has 0 aliphatic heterocycles. The molecule has 5 atom stereocenters.